The lowest BCUT2D eigenvalue weighted by Crippen LogP contribution is -1.82. The molecule has 0 amide bonds. The quantitative estimate of drug-likeness (QED) is 0.826. The van der Waals surface area contributed by atoms with Gasteiger partial charge in [0.05, 0.1) is 5.52 Å². The van der Waals surface area contributed by atoms with Crippen LogP contribution >= 0.6 is 11.8 Å². The molecule has 0 unspecified atom stereocenters. The summed E-state index contributed by atoms with van der Waals surface area (Å²) in [5.74, 6) is 0.718. The third-order valence-electron chi connectivity index (χ3n) is 2.32. The Kier molecular flexibility index (Phi) is 3.94. The molecule has 2 nitrogen and oxygen atoms in total. The summed E-state index contributed by atoms with van der Waals surface area (Å²) in [6.45, 7) is 1.58. The Bertz CT molecular complexity index is 563. The van der Waals surface area contributed by atoms with Crippen LogP contribution in [0.5, 0.6) is 0 Å². The number of rotatable bonds is 3. The van der Waals surface area contributed by atoms with Crippen molar-refractivity contribution in [1.82, 2.24) is 4.98 Å². The van der Waals surface area contributed by atoms with Gasteiger partial charge in [-0.2, -0.15) is 0 Å². The predicted octanol–water partition coefficient (Wildman–Crippen LogP) is 3.53. The summed E-state index contributed by atoms with van der Waals surface area (Å²) in [4.78, 5) is 15.1. The van der Waals surface area contributed by atoms with Crippen LogP contribution in [0.15, 0.2) is 42.6 Å². The molecule has 0 radical (unpaired) electrons. The summed E-state index contributed by atoms with van der Waals surface area (Å²) in [6.07, 6.45) is 5.81. The maximum Gasteiger partial charge on any atom is 0.186 e. The summed E-state index contributed by atoms with van der Waals surface area (Å²) in [5.41, 5.74) is 2.11. The molecule has 0 spiro atoms. The van der Waals surface area contributed by atoms with Crippen LogP contribution in [-0.2, 0) is 4.79 Å². The highest BCUT2D eigenvalue weighted by molar-refractivity contribution is 8.13. The van der Waals surface area contributed by atoms with Crippen LogP contribution in [0.3, 0.4) is 0 Å². The highest BCUT2D eigenvalue weighted by atomic mass is 32.2. The van der Waals surface area contributed by atoms with Crippen molar-refractivity contribution in [2.24, 2.45) is 0 Å². The minimum atomic E-state index is 0.148. The van der Waals surface area contributed by atoms with E-state index in [9.17, 15) is 4.79 Å². The van der Waals surface area contributed by atoms with Crippen molar-refractivity contribution < 1.29 is 4.79 Å². The third kappa shape index (κ3) is 3.43. The van der Waals surface area contributed by atoms with Crippen LogP contribution in [0, 0.1) is 0 Å². The second kappa shape index (κ2) is 5.64. The van der Waals surface area contributed by atoms with E-state index in [4.69, 9.17) is 0 Å². The lowest BCUT2D eigenvalue weighted by Gasteiger charge is -1.98. The number of pyridine rings is 1. The summed E-state index contributed by atoms with van der Waals surface area (Å²) >= 11 is 1.31. The molecule has 0 saturated heterocycles. The Morgan fingerprint density at radius 3 is 3.12 bits per heavy atom. The van der Waals surface area contributed by atoms with Gasteiger partial charge >= 0.3 is 0 Å². The SMILES string of the molecule is CC(=O)SCC=Cc1ccc2cccnc2c1. The van der Waals surface area contributed by atoms with Crippen LogP contribution in [0.1, 0.15) is 12.5 Å². The highest BCUT2D eigenvalue weighted by Gasteiger charge is 1.94. The fraction of sp³-hybridized carbons (Fsp3) is 0.143. The summed E-state index contributed by atoms with van der Waals surface area (Å²) < 4.78 is 0. The number of fused-ring (bicyclic) bond motifs is 1. The van der Waals surface area contributed by atoms with E-state index in [-0.39, 0.29) is 5.12 Å². The molecular formula is C14H13NOS. The number of carbonyl (C=O) groups excluding carboxylic acids is 1. The largest absolute Gasteiger partial charge is 0.288 e. The number of nitrogens with zero attached hydrogens (tertiary/aromatic N) is 1. The number of hydrogen-bond donors (Lipinski definition) is 0. The lowest BCUT2D eigenvalue weighted by molar-refractivity contribution is -0.109. The van der Waals surface area contributed by atoms with Crippen molar-refractivity contribution in [1.29, 1.82) is 0 Å². The van der Waals surface area contributed by atoms with E-state index in [1.165, 1.54) is 11.8 Å². The smallest absolute Gasteiger partial charge is 0.186 e. The molecule has 0 aliphatic carbocycles. The standard InChI is InChI=1S/C14H13NOS/c1-11(16)17-9-3-4-12-6-7-13-5-2-8-15-14(13)10-12/h2-8,10H,9H2,1H3. The predicted molar refractivity (Wildman–Crippen MR) is 73.9 cm³/mol. The third-order valence-corrected chi connectivity index (χ3v) is 3.09. The van der Waals surface area contributed by atoms with Gasteiger partial charge in [0.15, 0.2) is 5.12 Å². The Morgan fingerprint density at radius 1 is 1.41 bits per heavy atom. The minimum Gasteiger partial charge on any atom is -0.288 e. The van der Waals surface area contributed by atoms with Gasteiger partial charge in [-0.05, 0) is 17.7 Å². The zero-order valence-electron chi connectivity index (χ0n) is 9.59. The number of aromatic nitrogens is 1. The maximum absolute atomic E-state index is 10.7. The summed E-state index contributed by atoms with van der Waals surface area (Å²) in [5, 5.41) is 1.29. The van der Waals surface area contributed by atoms with Gasteiger partial charge in [-0.3, -0.25) is 9.78 Å². The first kappa shape index (κ1) is 11.9. The zero-order valence-corrected chi connectivity index (χ0v) is 10.4. The molecule has 1 aromatic carbocycles. The average molecular weight is 243 g/mol. The van der Waals surface area contributed by atoms with Crippen LogP contribution in [0.2, 0.25) is 0 Å². The van der Waals surface area contributed by atoms with E-state index in [0.29, 0.717) is 0 Å². The zero-order chi connectivity index (χ0) is 12.1. The van der Waals surface area contributed by atoms with Gasteiger partial charge in [0.1, 0.15) is 0 Å². The van der Waals surface area contributed by atoms with Gasteiger partial charge in [-0.25, -0.2) is 0 Å². The Morgan fingerprint density at radius 2 is 2.29 bits per heavy atom. The first-order valence-corrected chi connectivity index (χ1v) is 6.39. The Hall–Kier alpha value is -1.61. The molecule has 0 aliphatic rings. The van der Waals surface area contributed by atoms with E-state index in [1.807, 2.05) is 30.4 Å². The van der Waals surface area contributed by atoms with Gasteiger partial charge in [0, 0.05) is 24.3 Å². The molecule has 0 saturated carbocycles. The van der Waals surface area contributed by atoms with Gasteiger partial charge in [-0.15, -0.1) is 0 Å². The van der Waals surface area contributed by atoms with Crippen molar-refractivity contribution in [2.45, 2.75) is 6.92 Å². The van der Waals surface area contributed by atoms with Gasteiger partial charge in [0.2, 0.25) is 0 Å². The normalized spacial score (nSPS) is 11.1. The van der Waals surface area contributed by atoms with Crippen LogP contribution < -0.4 is 0 Å². The Balaban J connectivity index is 2.11. The van der Waals surface area contributed by atoms with E-state index < -0.39 is 0 Å². The topological polar surface area (TPSA) is 30.0 Å². The monoisotopic (exact) mass is 243 g/mol. The summed E-state index contributed by atoms with van der Waals surface area (Å²) in [7, 11) is 0. The van der Waals surface area contributed by atoms with Crippen LogP contribution in [0.4, 0.5) is 0 Å². The number of thioether (sulfide) groups is 1. The Labute approximate surface area is 105 Å². The van der Waals surface area contributed by atoms with Crippen LogP contribution in [-0.4, -0.2) is 15.9 Å². The highest BCUT2D eigenvalue weighted by Crippen LogP contribution is 2.14. The molecule has 1 heterocycles. The molecule has 0 aliphatic heterocycles. The molecule has 0 N–H and O–H groups in total. The molecule has 0 bridgehead atoms. The number of benzene rings is 1. The molecule has 17 heavy (non-hydrogen) atoms. The average Bonchev–Trinajstić information content (AvgIpc) is 2.34. The second-order valence-electron chi connectivity index (χ2n) is 3.66. The van der Waals surface area contributed by atoms with E-state index in [2.05, 4.69) is 17.1 Å². The van der Waals surface area contributed by atoms with Gasteiger partial charge in [-0.1, -0.05) is 42.1 Å². The van der Waals surface area contributed by atoms with Crippen LogP contribution in [0.25, 0.3) is 17.0 Å². The maximum atomic E-state index is 10.7. The molecule has 0 fully saturated rings. The fourth-order valence-corrected chi connectivity index (χ4v) is 1.96. The first-order chi connectivity index (χ1) is 8.25. The van der Waals surface area contributed by atoms with Gasteiger partial charge < -0.3 is 0 Å². The van der Waals surface area contributed by atoms with Crippen molar-refractivity contribution in [3.8, 4) is 0 Å². The van der Waals surface area contributed by atoms with Crippen molar-refractivity contribution in [3.63, 3.8) is 0 Å². The molecule has 2 rings (SSSR count). The lowest BCUT2D eigenvalue weighted by atomic mass is 10.1. The molecule has 0 atom stereocenters. The molecular weight excluding hydrogens is 230 g/mol. The van der Waals surface area contributed by atoms with E-state index >= 15 is 0 Å². The van der Waals surface area contributed by atoms with Crippen molar-refractivity contribution in [3.05, 3.63) is 48.2 Å². The van der Waals surface area contributed by atoms with Gasteiger partial charge in [0.25, 0.3) is 0 Å². The molecule has 2 aromatic rings. The fourth-order valence-electron chi connectivity index (χ4n) is 1.54. The van der Waals surface area contributed by atoms with Crippen molar-refractivity contribution >= 4 is 33.9 Å². The van der Waals surface area contributed by atoms with E-state index in [0.717, 1.165) is 22.2 Å². The van der Waals surface area contributed by atoms with Crippen molar-refractivity contribution in [2.75, 3.05) is 5.75 Å². The second-order valence-corrected chi connectivity index (χ2v) is 4.86. The molecule has 86 valence electrons. The first-order valence-electron chi connectivity index (χ1n) is 5.40. The summed E-state index contributed by atoms with van der Waals surface area (Å²) in [6, 6.07) is 10.1. The number of hydrogen-bond acceptors (Lipinski definition) is 3. The molecule has 1 aromatic heterocycles. The van der Waals surface area contributed by atoms with E-state index in [1.54, 1.807) is 13.1 Å². The molecule has 3 heteroatoms. The number of carbonyl (C=O) groups is 1. The minimum absolute atomic E-state index is 0.148.